The van der Waals surface area contributed by atoms with Crippen molar-refractivity contribution in [3.63, 3.8) is 0 Å². The Morgan fingerprint density at radius 1 is 0.680 bits per heavy atom. The van der Waals surface area contributed by atoms with Gasteiger partial charge in [0.1, 0.15) is 0 Å². The van der Waals surface area contributed by atoms with E-state index in [0.717, 1.165) is 35.5 Å². The topological polar surface area (TPSA) is 0 Å². The zero-order chi connectivity index (χ0) is 16.2. The fourth-order valence-electron chi connectivity index (χ4n) is 8.33. The molecule has 0 aromatic heterocycles. The zero-order valence-electron chi connectivity index (χ0n) is 14.5. The van der Waals surface area contributed by atoms with Crippen LogP contribution in [-0.2, 0) is 4.75 Å². The van der Waals surface area contributed by atoms with E-state index in [2.05, 4.69) is 72.4 Å². The molecule has 2 aromatic carbocycles. The maximum atomic E-state index is 2.40. The molecule has 1 heterocycles. The molecule has 1 spiro atoms. The smallest absolute Gasteiger partial charge is 0.0813 e. The molecule has 1 unspecified atom stereocenters. The predicted molar refractivity (Wildman–Crippen MR) is 103 cm³/mol. The highest BCUT2D eigenvalue weighted by molar-refractivity contribution is 8.09. The molecule has 2 bridgehead atoms. The van der Waals surface area contributed by atoms with Crippen LogP contribution in [0.25, 0.3) is 0 Å². The average Bonchev–Trinajstić information content (AvgIpc) is 2.91. The Labute approximate surface area is 154 Å². The molecule has 126 valence electrons. The number of rotatable bonds is 2. The summed E-state index contributed by atoms with van der Waals surface area (Å²) in [6, 6.07) is 23.0. The van der Waals surface area contributed by atoms with Crippen LogP contribution in [0.5, 0.6) is 0 Å². The highest BCUT2D eigenvalue weighted by Crippen LogP contribution is 2.88. The van der Waals surface area contributed by atoms with E-state index < -0.39 is 0 Å². The van der Waals surface area contributed by atoms with E-state index in [1.165, 1.54) is 12.8 Å². The summed E-state index contributed by atoms with van der Waals surface area (Å²) in [5.41, 5.74) is 3.12. The Kier molecular flexibility index (Phi) is 2.43. The zero-order valence-corrected chi connectivity index (χ0v) is 15.3. The molecule has 1 saturated heterocycles. The molecule has 1 heteroatoms. The number of thioether (sulfide) groups is 1. The van der Waals surface area contributed by atoms with Crippen LogP contribution in [0.3, 0.4) is 0 Å². The third kappa shape index (κ3) is 1.40. The molecule has 4 saturated carbocycles. The normalized spacial score (nSPS) is 46.9. The SMILES string of the molecule is c1ccc(C2(c3ccccc3)SC23C[C@@H]2[C@H]4CC[C@H]5[C@@H]4C[C@@H]2[C@H]53)cc1. The Bertz CT molecular complexity index is 799. The maximum absolute atomic E-state index is 2.40. The van der Waals surface area contributed by atoms with Gasteiger partial charge < -0.3 is 0 Å². The molecule has 0 N–H and O–H groups in total. The molecule has 5 fully saturated rings. The number of fused-ring (bicyclic) bond motifs is 3. The second-order valence-corrected chi connectivity index (χ2v) is 10.8. The molecule has 1 aliphatic heterocycles. The average molecular weight is 345 g/mol. The fraction of sp³-hybridized carbons (Fsp3) is 0.500. The summed E-state index contributed by atoms with van der Waals surface area (Å²) in [5, 5.41) is 0. The molecule has 4 aliphatic carbocycles. The standard InChI is InChI=1S/C24H24S/c1-3-7-15(8-4-1)24(16-9-5-2-6-10-16)23(25-24)14-21-17-11-12-18-19(17)13-20(21)22(18)23/h1-10,17-22H,11-14H2/t17-,18-,19+,20-,21+,22-,23?/m0/s1. The number of benzene rings is 2. The van der Waals surface area contributed by atoms with E-state index in [-0.39, 0.29) is 4.75 Å². The van der Waals surface area contributed by atoms with Gasteiger partial charge >= 0.3 is 0 Å². The van der Waals surface area contributed by atoms with E-state index in [1.54, 1.807) is 24.0 Å². The summed E-state index contributed by atoms with van der Waals surface area (Å²) in [4.78, 5) is 0. The Balaban J connectivity index is 1.44. The van der Waals surface area contributed by atoms with Crippen molar-refractivity contribution in [1.82, 2.24) is 0 Å². The molecule has 0 nitrogen and oxygen atoms in total. The fourth-order valence-corrected chi connectivity index (χ4v) is 10.5. The minimum absolute atomic E-state index is 0.229. The summed E-state index contributed by atoms with van der Waals surface area (Å²) in [7, 11) is 0. The van der Waals surface area contributed by atoms with E-state index in [1.807, 2.05) is 0 Å². The van der Waals surface area contributed by atoms with E-state index in [9.17, 15) is 0 Å². The van der Waals surface area contributed by atoms with Crippen LogP contribution >= 0.6 is 11.8 Å². The van der Waals surface area contributed by atoms with Gasteiger partial charge in [0.2, 0.25) is 0 Å². The minimum atomic E-state index is 0.229. The van der Waals surface area contributed by atoms with Gasteiger partial charge in [-0.2, -0.15) is 0 Å². The molecule has 7 atom stereocenters. The lowest BCUT2D eigenvalue weighted by molar-refractivity contribution is 0.214. The lowest BCUT2D eigenvalue weighted by Gasteiger charge is -2.30. The van der Waals surface area contributed by atoms with Crippen molar-refractivity contribution >= 4 is 11.8 Å². The van der Waals surface area contributed by atoms with Crippen LogP contribution in [0, 0.1) is 35.5 Å². The second-order valence-electron chi connectivity index (χ2n) is 9.27. The second kappa shape index (κ2) is 4.36. The van der Waals surface area contributed by atoms with Crippen molar-refractivity contribution in [3.05, 3.63) is 71.8 Å². The first kappa shape index (κ1) is 13.9. The first-order valence-electron chi connectivity index (χ1n) is 10.2. The van der Waals surface area contributed by atoms with Gasteiger partial charge in [-0.3, -0.25) is 0 Å². The van der Waals surface area contributed by atoms with Gasteiger partial charge in [-0.15, -0.1) is 11.8 Å². The van der Waals surface area contributed by atoms with Crippen LogP contribution in [0.4, 0.5) is 0 Å². The lowest BCUT2D eigenvalue weighted by atomic mass is 9.71. The van der Waals surface area contributed by atoms with Crippen molar-refractivity contribution in [2.24, 2.45) is 35.5 Å². The quantitative estimate of drug-likeness (QED) is 0.627. The van der Waals surface area contributed by atoms with Crippen LogP contribution in [0.15, 0.2) is 60.7 Å². The van der Waals surface area contributed by atoms with Gasteiger partial charge in [-0.05, 0) is 72.3 Å². The first-order valence-corrected chi connectivity index (χ1v) is 11.0. The van der Waals surface area contributed by atoms with Gasteiger partial charge in [0.15, 0.2) is 0 Å². The van der Waals surface area contributed by atoms with Crippen LogP contribution in [-0.4, -0.2) is 4.75 Å². The van der Waals surface area contributed by atoms with E-state index >= 15 is 0 Å². The summed E-state index contributed by atoms with van der Waals surface area (Å²) >= 11 is 2.35. The molecule has 0 radical (unpaired) electrons. The molecule has 2 aromatic rings. The van der Waals surface area contributed by atoms with E-state index in [0.29, 0.717) is 4.75 Å². The Hall–Kier alpha value is -1.21. The summed E-state index contributed by atoms with van der Waals surface area (Å²) in [6.07, 6.45) is 6.16. The first-order chi connectivity index (χ1) is 12.4. The van der Waals surface area contributed by atoms with Crippen LogP contribution in [0.2, 0.25) is 0 Å². The molecule has 7 rings (SSSR count). The highest BCUT2D eigenvalue weighted by atomic mass is 32.2. The third-order valence-corrected chi connectivity index (χ3v) is 10.9. The molecule has 0 amide bonds. The molecular weight excluding hydrogens is 320 g/mol. The predicted octanol–water partition coefficient (Wildman–Crippen LogP) is 5.73. The van der Waals surface area contributed by atoms with Gasteiger partial charge in [0.25, 0.3) is 0 Å². The van der Waals surface area contributed by atoms with Crippen LogP contribution in [0.1, 0.15) is 36.8 Å². The Morgan fingerprint density at radius 2 is 1.32 bits per heavy atom. The van der Waals surface area contributed by atoms with E-state index in [4.69, 9.17) is 0 Å². The summed E-state index contributed by atoms with van der Waals surface area (Å²) < 4.78 is 0.728. The largest absolute Gasteiger partial charge is 0.135 e. The summed E-state index contributed by atoms with van der Waals surface area (Å²) in [5.74, 6) is 6.35. The van der Waals surface area contributed by atoms with Crippen molar-refractivity contribution in [1.29, 1.82) is 0 Å². The number of hydrogen-bond donors (Lipinski definition) is 0. The van der Waals surface area contributed by atoms with Gasteiger partial charge in [-0.25, -0.2) is 0 Å². The lowest BCUT2D eigenvalue weighted by Crippen LogP contribution is -2.33. The monoisotopic (exact) mass is 344 g/mol. The van der Waals surface area contributed by atoms with Gasteiger partial charge in [0, 0.05) is 4.75 Å². The van der Waals surface area contributed by atoms with Crippen molar-refractivity contribution in [2.75, 3.05) is 0 Å². The summed E-state index contributed by atoms with van der Waals surface area (Å²) in [6.45, 7) is 0. The van der Waals surface area contributed by atoms with Crippen molar-refractivity contribution in [2.45, 2.75) is 35.2 Å². The maximum Gasteiger partial charge on any atom is 0.0813 e. The van der Waals surface area contributed by atoms with Crippen molar-refractivity contribution in [3.8, 4) is 0 Å². The van der Waals surface area contributed by atoms with Crippen molar-refractivity contribution < 1.29 is 0 Å². The molecule has 5 aliphatic rings. The number of hydrogen-bond acceptors (Lipinski definition) is 1. The van der Waals surface area contributed by atoms with Gasteiger partial charge in [0.05, 0.1) is 4.75 Å². The van der Waals surface area contributed by atoms with Crippen LogP contribution < -0.4 is 0 Å². The Morgan fingerprint density at radius 3 is 2.00 bits per heavy atom. The van der Waals surface area contributed by atoms with Gasteiger partial charge in [-0.1, -0.05) is 60.7 Å². The minimum Gasteiger partial charge on any atom is -0.135 e. The molecule has 25 heavy (non-hydrogen) atoms. The molecular formula is C24H24S. The third-order valence-electron chi connectivity index (χ3n) is 8.83. The highest BCUT2D eigenvalue weighted by Gasteiger charge is 2.83.